The molecule has 0 saturated heterocycles. The van der Waals surface area contributed by atoms with Gasteiger partial charge in [-0.2, -0.15) is 0 Å². The van der Waals surface area contributed by atoms with Gasteiger partial charge in [0.15, 0.2) is 5.96 Å². The van der Waals surface area contributed by atoms with E-state index in [-0.39, 0.29) is 24.0 Å². The van der Waals surface area contributed by atoms with Gasteiger partial charge in [-0.1, -0.05) is 6.07 Å². The van der Waals surface area contributed by atoms with Gasteiger partial charge in [-0.25, -0.2) is 0 Å². The maximum Gasteiger partial charge on any atom is 0.194 e. The molecular weight excluding hydrogens is 415 g/mol. The second-order valence-electron chi connectivity index (χ2n) is 5.73. The predicted octanol–water partition coefficient (Wildman–Crippen LogP) is 3.17. The van der Waals surface area contributed by atoms with Crippen molar-refractivity contribution in [2.45, 2.75) is 20.0 Å². The molecule has 1 heterocycles. The van der Waals surface area contributed by atoms with E-state index < -0.39 is 0 Å². The zero-order valence-electron chi connectivity index (χ0n) is 15.0. The highest BCUT2D eigenvalue weighted by molar-refractivity contribution is 14.0. The molecule has 0 fully saturated rings. The van der Waals surface area contributed by atoms with Gasteiger partial charge < -0.3 is 19.5 Å². The Bertz CT molecular complexity index is 681. The molecule has 6 heteroatoms. The van der Waals surface area contributed by atoms with Crippen molar-refractivity contribution in [3.05, 3.63) is 53.3 Å². The lowest BCUT2D eigenvalue weighted by Crippen LogP contribution is -2.38. The number of benzene rings is 1. The van der Waals surface area contributed by atoms with Crippen molar-refractivity contribution >= 4 is 29.9 Å². The van der Waals surface area contributed by atoms with Gasteiger partial charge in [0.25, 0.3) is 0 Å². The number of rotatable bonds is 5. The molecule has 0 radical (unpaired) electrons. The third-order valence-electron chi connectivity index (χ3n) is 3.82. The van der Waals surface area contributed by atoms with E-state index in [0.717, 1.165) is 18.3 Å². The average Bonchev–Trinajstić information content (AvgIpc) is 2.92. The van der Waals surface area contributed by atoms with E-state index in [4.69, 9.17) is 4.74 Å². The quantitative estimate of drug-likeness (QED) is 0.440. The number of nitrogens with zero attached hydrogens (tertiary/aromatic N) is 3. The summed E-state index contributed by atoms with van der Waals surface area (Å²) in [6.45, 7) is 3.59. The van der Waals surface area contributed by atoms with Crippen molar-refractivity contribution in [2.75, 3.05) is 21.2 Å². The molecule has 0 aliphatic rings. The summed E-state index contributed by atoms with van der Waals surface area (Å²) in [5.41, 5.74) is 3.61. The van der Waals surface area contributed by atoms with Crippen LogP contribution in [0.3, 0.4) is 0 Å². The highest BCUT2D eigenvalue weighted by Gasteiger charge is 2.08. The summed E-state index contributed by atoms with van der Waals surface area (Å²) in [5.74, 6) is 1.75. The zero-order valence-corrected chi connectivity index (χ0v) is 17.4. The van der Waals surface area contributed by atoms with Crippen LogP contribution in [0.25, 0.3) is 0 Å². The number of aromatic nitrogens is 1. The molecule has 2 rings (SSSR count). The first kappa shape index (κ1) is 20.3. The topological polar surface area (TPSA) is 41.8 Å². The Hall–Kier alpha value is -1.70. The van der Waals surface area contributed by atoms with E-state index in [1.807, 2.05) is 19.2 Å². The summed E-state index contributed by atoms with van der Waals surface area (Å²) >= 11 is 0. The molecule has 24 heavy (non-hydrogen) atoms. The summed E-state index contributed by atoms with van der Waals surface area (Å²) in [5, 5.41) is 3.41. The number of halogens is 1. The fourth-order valence-electron chi connectivity index (χ4n) is 2.59. The summed E-state index contributed by atoms with van der Waals surface area (Å²) in [6.07, 6.45) is 2.05. The molecule has 0 spiro atoms. The van der Waals surface area contributed by atoms with Gasteiger partial charge in [-0.15, -0.1) is 24.0 Å². The average molecular weight is 442 g/mol. The third-order valence-corrected chi connectivity index (χ3v) is 3.82. The van der Waals surface area contributed by atoms with Crippen LogP contribution in [0.1, 0.15) is 16.8 Å². The summed E-state index contributed by atoms with van der Waals surface area (Å²) in [4.78, 5) is 6.48. The van der Waals surface area contributed by atoms with Crippen molar-refractivity contribution in [2.24, 2.45) is 12.0 Å². The van der Waals surface area contributed by atoms with Gasteiger partial charge in [0.1, 0.15) is 5.75 Å². The molecule has 0 bridgehead atoms. The van der Waals surface area contributed by atoms with Gasteiger partial charge in [0.2, 0.25) is 0 Å². The van der Waals surface area contributed by atoms with E-state index in [1.165, 1.54) is 16.8 Å². The van der Waals surface area contributed by atoms with Crippen LogP contribution in [0, 0.1) is 6.92 Å². The highest BCUT2D eigenvalue weighted by atomic mass is 127. The van der Waals surface area contributed by atoms with E-state index in [1.54, 1.807) is 14.2 Å². The molecule has 0 aliphatic heterocycles. The number of aliphatic imine (C=N–C) groups is 1. The number of hydrogen-bond donors (Lipinski definition) is 1. The lowest BCUT2D eigenvalue weighted by Gasteiger charge is -2.22. The van der Waals surface area contributed by atoms with E-state index in [9.17, 15) is 0 Å². The monoisotopic (exact) mass is 442 g/mol. The number of ether oxygens (including phenoxy) is 1. The third kappa shape index (κ3) is 5.43. The molecule has 1 aromatic carbocycles. The maximum absolute atomic E-state index is 5.33. The SMILES string of the molecule is CN=C(NCc1cc(C)cc(OC)c1)N(C)Cc1cccn1C.I. The van der Waals surface area contributed by atoms with Crippen LogP contribution in [-0.2, 0) is 20.1 Å². The summed E-state index contributed by atoms with van der Waals surface area (Å²) in [7, 11) is 7.59. The number of hydrogen-bond acceptors (Lipinski definition) is 2. The molecule has 0 amide bonds. The molecule has 0 saturated carbocycles. The smallest absolute Gasteiger partial charge is 0.194 e. The summed E-state index contributed by atoms with van der Waals surface area (Å²) < 4.78 is 7.45. The van der Waals surface area contributed by atoms with Crippen LogP contribution in [-0.4, -0.2) is 36.6 Å². The van der Waals surface area contributed by atoms with E-state index in [0.29, 0.717) is 6.54 Å². The normalized spacial score (nSPS) is 11.0. The zero-order chi connectivity index (χ0) is 16.8. The Morgan fingerprint density at radius 2 is 2.08 bits per heavy atom. The van der Waals surface area contributed by atoms with Crippen molar-refractivity contribution in [1.82, 2.24) is 14.8 Å². The lowest BCUT2D eigenvalue weighted by molar-refractivity contribution is 0.413. The van der Waals surface area contributed by atoms with Crippen molar-refractivity contribution < 1.29 is 4.74 Å². The molecule has 0 atom stereocenters. The van der Waals surface area contributed by atoms with Crippen LogP contribution in [0.2, 0.25) is 0 Å². The van der Waals surface area contributed by atoms with Crippen molar-refractivity contribution in [3.8, 4) is 5.75 Å². The fraction of sp³-hybridized carbons (Fsp3) is 0.389. The first-order valence-electron chi connectivity index (χ1n) is 7.70. The second-order valence-corrected chi connectivity index (χ2v) is 5.73. The second kappa shape index (κ2) is 9.56. The molecule has 1 aromatic heterocycles. The van der Waals surface area contributed by atoms with Crippen LogP contribution in [0.15, 0.2) is 41.5 Å². The highest BCUT2D eigenvalue weighted by Crippen LogP contribution is 2.16. The number of aryl methyl sites for hydroxylation is 2. The standard InChI is InChI=1S/C18H26N4O.HI/c1-14-9-15(11-17(10-14)23-5)12-20-18(19-2)22(4)13-16-7-6-8-21(16)3;/h6-11H,12-13H2,1-5H3,(H,19,20);1H. The van der Waals surface area contributed by atoms with E-state index in [2.05, 4.69) is 58.1 Å². The minimum atomic E-state index is 0. The maximum atomic E-state index is 5.33. The molecule has 1 N–H and O–H groups in total. The Morgan fingerprint density at radius 1 is 1.33 bits per heavy atom. The van der Waals surface area contributed by atoms with Crippen molar-refractivity contribution in [3.63, 3.8) is 0 Å². The van der Waals surface area contributed by atoms with Gasteiger partial charge in [-0.3, -0.25) is 4.99 Å². The Kier molecular flexibility index (Phi) is 8.10. The first-order valence-corrected chi connectivity index (χ1v) is 7.70. The van der Waals surface area contributed by atoms with E-state index >= 15 is 0 Å². The molecule has 2 aromatic rings. The number of guanidine groups is 1. The molecular formula is C18H27IN4O. The van der Waals surface area contributed by atoms with Crippen LogP contribution in [0.5, 0.6) is 5.75 Å². The minimum Gasteiger partial charge on any atom is -0.497 e. The molecule has 0 aliphatic carbocycles. The molecule has 5 nitrogen and oxygen atoms in total. The van der Waals surface area contributed by atoms with Crippen molar-refractivity contribution in [1.29, 1.82) is 0 Å². The largest absolute Gasteiger partial charge is 0.497 e. The van der Waals surface area contributed by atoms with Gasteiger partial charge in [0, 0.05) is 39.6 Å². The summed E-state index contributed by atoms with van der Waals surface area (Å²) in [6, 6.07) is 10.4. The molecule has 0 unspecified atom stereocenters. The first-order chi connectivity index (χ1) is 11.0. The Balaban J connectivity index is 0.00000288. The Morgan fingerprint density at radius 3 is 2.67 bits per heavy atom. The van der Waals surface area contributed by atoms with Gasteiger partial charge in [0.05, 0.1) is 13.7 Å². The number of nitrogens with one attached hydrogen (secondary N) is 1. The Labute approximate surface area is 161 Å². The van der Waals surface area contributed by atoms with Crippen LogP contribution >= 0.6 is 24.0 Å². The fourth-order valence-corrected chi connectivity index (χ4v) is 2.59. The van der Waals surface area contributed by atoms with Crippen LogP contribution < -0.4 is 10.1 Å². The number of methoxy groups -OCH3 is 1. The predicted molar refractivity (Wildman–Crippen MR) is 110 cm³/mol. The lowest BCUT2D eigenvalue weighted by atomic mass is 10.1. The molecule has 132 valence electrons. The van der Waals surface area contributed by atoms with Gasteiger partial charge >= 0.3 is 0 Å². The minimum absolute atomic E-state index is 0. The van der Waals surface area contributed by atoms with Gasteiger partial charge in [-0.05, 0) is 42.3 Å². The van der Waals surface area contributed by atoms with Crippen LogP contribution in [0.4, 0.5) is 0 Å².